The number of amides is 1. The smallest absolute Gasteiger partial charge is 0.235 e. The van der Waals surface area contributed by atoms with Crippen molar-refractivity contribution in [3.63, 3.8) is 0 Å². The minimum atomic E-state index is -0.109. The van der Waals surface area contributed by atoms with E-state index in [1.807, 2.05) is 6.92 Å². The largest absolute Gasteiger partial charge is 0.380 e. The van der Waals surface area contributed by atoms with Crippen LogP contribution < -0.4 is 11.3 Å². The normalized spacial score (nSPS) is 21.3. The van der Waals surface area contributed by atoms with E-state index in [-0.39, 0.29) is 11.9 Å². The fourth-order valence-corrected chi connectivity index (χ4v) is 1.66. The second kappa shape index (κ2) is 5.95. The molecular weight excluding hydrogens is 182 g/mol. The highest BCUT2D eigenvalue weighted by Gasteiger charge is 2.17. The van der Waals surface area contributed by atoms with Crippen LogP contribution in [0, 0.1) is 0 Å². The summed E-state index contributed by atoms with van der Waals surface area (Å²) < 4.78 is 5.34. The molecule has 3 N–H and O–H groups in total. The summed E-state index contributed by atoms with van der Waals surface area (Å²) in [6, 6.07) is 0.236. The van der Waals surface area contributed by atoms with Crippen molar-refractivity contribution in [3.05, 3.63) is 0 Å². The molecule has 5 nitrogen and oxygen atoms in total. The van der Waals surface area contributed by atoms with Crippen LogP contribution in [-0.2, 0) is 9.53 Å². The van der Waals surface area contributed by atoms with Gasteiger partial charge in [-0.1, -0.05) is 0 Å². The quantitative estimate of drug-likeness (QED) is 0.366. The number of nitrogens with one attached hydrogen (secondary N) is 1. The van der Waals surface area contributed by atoms with Crippen LogP contribution in [0.3, 0.4) is 0 Å². The Kier molecular flexibility index (Phi) is 4.86. The third-order valence-corrected chi connectivity index (χ3v) is 2.52. The number of hydrazine groups is 1. The third-order valence-electron chi connectivity index (χ3n) is 2.52. The number of carbonyl (C=O) groups excluding carboxylic acids is 1. The van der Waals surface area contributed by atoms with Crippen molar-refractivity contribution in [3.8, 4) is 0 Å². The van der Waals surface area contributed by atoms with E-state index in [1.165, 1.54) is 0 Å². The fraction of sp³-hybridized carbons (Fsp3) is 0.889. The molecule has 0 aromatic heterocycles. The van der Waals surface area contributed by atoms with Gasteiger partial charge in [0.05, 0.1) is 6.61 Å². The molecule has 1 fully saturated rings. The van der Waals surface area contributed by atoms with Crippen LogP contribution in [0.4, 0.5) is 0 Å². The van der Waals surface area contributed by atoms with E-state index in [1.54, 1.807) is 0 Å². The lowest BCUT2D eigenvalue weighted by Gasteiger charge is -2.26. The molecule has 0 bridgehead atoms. The van der Waals surface area contributed by atoms with E-state index in [9.17, 15) is 4.79 Å². The van der Waals surface area contributed by atoms with Crippen LogP contribution in [0.25, 0.3) is 0 Å². The van der Waals surface area contributed by atoms with Gasteiger partial charge in [0.1, 0.15) is 0 Å². The third kappa shape index (κ3) is 3.61. The van der Waals surface area contributed by atoms with E-state index in [4.69, 9.17) is 10.6 Å². The van der Waals surface area contributed by atoms with Crippen molar-refractivity contribution >= 4 is 5.91 Å². The number of ether oxygens (including phenoxy) is 1. The molecule has 1 atom stereocenters. The summed E-state index contributed by atoms with van der Waals surface area (Å²) in [4.78, 5) is 13.3. The number of hydrogen-bond acceptors (Lipinski definition) is 4. The van der Waals surface area contributed by atoms with E-state index >= 15 is 0 Å². The Morgan fingerprint density at radius 1 is 1.57 bits per heavy atom. The van der Waals surface area contributed by atoms with Gasteiger partial charge < -0.3 is 4.74 Å². The van der Waals surface area contributed by atoms with Crippen LogP contribution in [0.2, 0.25) is 0 Å². The maximum Gasteiger partial charge on any atom is 0.235 e. The fourth-order valence-electron chi connectivity index (χ4n) is 1.66. The van der Waals surface area contributed by atoms with Crippen molar-refractivity contribution < 1.29 is 9.53 Å². The maximum absolute atomic E-state index is 11.1. The summed E-state index contributed by atoms with van der Waals surface area (Å²) in [5.41, 5.74) is 2.15. The Balaban J connectivity index is 2.33. The average molecular weight is 201 g/mol. The van der Waals surface area contributed by atoms with Gasteiger partial charge in [-0.25, -0.2) is 5.84 Å². The van der Waals surface area contributed by atoms with Crippen molar-refractivity contribution in [2.75, 3.05) is 26.3 Å². The first-order chi connectivity index (χ1) is 6.74. The van der Waals surface area contributed by atoms with E-state index in [0.29, 0.717) is 6.42 Å². The first-order valence-corrected chi connectivity index (χ1v) is 5.05. The van der Waals surface area contributed by atoms with Gasteiger partial charge in [-0.05, 0) is 13.3 Å². The molecule has 0 radical (unpaired) electrons. The second-order valence-corrected chi connectivity index (χ2v) is 3.62. The molecule has 1 aliphatic heterocycles. The van der Waals surface area contributed by atoms with Crippen LogP contribution in [0.1, 0.15) is 19.8 Å². The summed E-state index contributed by atoms with van der Waals surface area (Å²) in [5, 5.41) is 0. The first-order valence-electron chi connectivity index (χ1n) is 5.05. The van der Waals surface area contributed by atoms with Gasteiger partial charge in [0.25, 0.3) is 0 Å². The number of nitrogens with zero attached hydrogens (tertiary/aromatic N) is 1. The van der Waals surface area contributed by atoms with Crippen LogP contribution in [0.15, 0.2) is 0 Å². The molecule has 1 heterocycles. The summed E-state index contributed by atoms with van der Waals surface area (Å²) in [6.07, 6.45) is 1.49. The SMILES string of the molecule is CC(CC(=O)NN)N1CCCOCC1. The molecule has 1 rings (SSSR count). The molecule has 14 heavy (non-hydrogen) atoms. The van der Waals surface area contributed by atoms with Gasteiger partial charge in [-0.15, -0.1) is 0 Å². The molecule has 0 spiro atoms. The maximum atomic E-state index is 11.1. The molecule has 0 saturated carbocycles. The average Bonchev–Trinajstić information content (AvgIpc) is 2.45. The first kappa shape index (κ1) is 11.4. The molecule has 1 saturated heterocycles. The lowest BCUT2D eigenvalue weighted by atomic mass is 10.2. The predicted octanol–water partition coefficient (Wildman–Crippen LogP) is -0.523. The van der Waals surface area contributed by atoms with Crippen molar-refractivity contribution in [1.82, 2.24) is 10.3 Å². The van der Waals surface area contributed by atoms with Crippen molar-refractivity contribution in [2.45, 2.75) is 25.8 Å². The van der Waals surface area contributed by atoms with E-state index in [2.05, 4.69) is 10.3 Å². The molecule has 0 aromatic rings. The van der Waals surface area contributed by atoms with Gasteiger partial charge in [-0.2, -0.15) is 0 Å². The standard InChI is InChI=1S/C9H19N3O2/c1-8(7-9(13)11-10)12-3-2-5-14-6-4-12/h8H,2-7,10H2,1H3,(H,11,13). The minimum Gasteiger partial charge on any atom is -0.380 e. The highest BCUT2D eigenvalue weighted by molar-refractivity contribution is 5.75. The molecule has 5 heteroatoms. The second-order valence-electron chi connectivity index (χ2n) is 3.62. The number of hydrogen-bond donors (Lipinski definition) is 2. The molecule has 0 aliphatic carbocycles. The van der Waals surface area contributed by atoms with Crippen molar-refractivity contribution in [1.29, 1.82) is 0 Å². The number of nitrogens with two attached hydrogens (primary N) is 1. The highest BCUT2D eigenvalue weighted by atomic mass is 16.5. The molecule has 1 aliphatic rings. The van der Waals surface area contributed by atoms with Crippen LogP contribution in [-0.4, -0.2) is 43.2 Å². The molecule has 0 aromatic carbocycles. The zero-order valence-electron chi connectivity index (χ0n) is 8.66. The topological polar surface area (TPSA) is 67.6 Å². The van der Waals surface area contributed by atoms with Crippen LogP contribution in [0.5, 0.6) is 0 Å². The zero-order valence-corrected chi connectivity index (χ0v) is 8.66. The Morgan fingerprint density at radius 3 is 3.07 bits per heavy atom. The molecule has 1 unspecified atom stereocenters. The predicted molar refractivity (Wildman–Crippen MR) is 53.4 cm³/mol. The van der Waals surface area contributed by atoms with Gasteiger partial charge in [0.2, 0.25) is 5.91 Å². The lowest BCUT2D eigenvalue weighted by molar-refractivity contribution is -0.122. The Bertz CT molecular complexity index is 179. The number of rotatable bonds is 3. The van der Waals surface area contributed by atoms with E-state index in [0.717, 1.165) is 32.7 Å². The van der Waals surface area contributed by atoms with Crippen LogP contribution >= 0.6 is 0 Å². The zero-order chi connectivity index (χ0) is 10.4. The monoisotopic (exact) mass is 201 g/mol. The number of carbonyl (C=O) groups is 1. The summed E-state index contributed by atoms with van der Waals surface area (Å²) in [7, 11) is 0. The molecule has 82 valence electrons. The van der Waals surface area contributed by atoms with Gasteiger partial charge in [-0.3, -0.25) is 15.1 Å². The highest BCUT2D eigenvalue weighted by Crippen LogP contribution is 2.07. The summed E-state index contributed by atoms with van der Waals surface area (Å²) in [5.74, 6) is 4.93. The van der Waals surface area contributed by atoms with Gasteiger partial charge >= 0.3 is 0 Å². The van der Waals surface area contributed by atoms with Crippen molar-refractivity contribution in [2.24, 2.45) is 5.84 Å². The Labute approximate surface area is 84.5 Å². The minimum absolute atomic E-state index is 0.109. The molecular formula is C9H19N3O2. The Morgan fingerprint density at radius 2 is 2.36 bits per heavy atom. The van der Waals surface area contributed by atoms with Gasteiger partial charge in [0.15, 0.2) is 0 Å². The summed E-state index contributed by atoms with van der Waals surface area (Å²) in [6.45, 7) is 5.53. The van der Waals surface area contributed by atoms with E-state index < -0.39 is 0 Å². The summed E-state index contributed by atoms with van der Waals surface area (Å²) >= 11 is 0. The Hall–Kier alpha value is -0.650. The van der Waals surface area contributed by atoms with Gasteiger partial charge in [0, 0.05) is 32.2 Å². The molecule has 1 amide bonds. The lowest BCUT2D eigenvalue weighted by Crippen LogP contribution is -2.40.